The van der Waals surface area contributed by atoms with Gasteiger partial charge in [-0.3, -0.25) is 4.79 Å². The third-order valence-corrected chi connectivity index (χ3v) is 5.88. The molecule has 0 radical (unpaired) electrons. The van der Waals surface area contributed by atoms with E-state index in [9.17, 15) is 4.79 Å². The zero-order valence-electron chi connectivity index (χ0n) is 19.1. The molecule has 5 nitrogen and oxygen atoms in total. The number of benzene rings is 2. The third kappa shape index (κ3) is 4.67. The monoisotopic (exact) mass is 433 g/mol. The fourth-order valence-electron chi connectivity index (χ4n) is 4.23. The van der Waals surface area contributed by atoms with Gasteiger partial charge in [0.25, 0.3) is 0 Å². The SMILES string of the molecule is CCOc1ccc(-c2coc3cc(OCC)c(/C(C)=C/C(=O)N4CCCCC4)cc23)cc1. The fraction of sp³-hybridized carbons (Fsp3) is 0.370. The van der Waals surface area contributed by atoms with Crippen LogP contribution in [0.1, 0.15) is 45.6 Å². The van der Waals surface area contributed by atoms with E-state index in [0.29, 0.717) is 13.2 Å². The summed E-state index contributed by atoms with van der Waals surface area (Å²) in [5.74, 6) is 1.65. The molecule has 5 heteroatoms. The van der Waals surface area contributed by atoms with E-state index in [2.05, 4.69) is 6.07 Å². The van der Waals surface area contributed by atoms with E-state index in [1.165, 1.54) is 6.42 Å². The third-order valence-electron chi connectivity index (χ3n) is 5.88. The second kappa shape index (κ2) is 9.94. The van der Waals surface area contributed by atoms with E-state index in [4.69, 9.17) is 13.9 Å². The maximum atomic E-state index is 12.8. The van der Waals surface area contributed by atoms with Gasteiger partial charge in [-0.2, -0.15) is 0 Å². The normalized spacial score (nSPS) is 14.6. The first-order valence-corrected chi connectivity index (χ1v) is 11.5. The molecule has 0 unspecified atom stereocenters. The summed E-state index contributed by atoms with van der Waals surface area (Å²) in [5.41, 5.74) is 4.62. The van der Waals surface area contributed by atoms with Gasteiger partial charge in [-0.1, -0.05) is 12.1 Å². The molecule has 2 aromatic carbocycles. The molecule has 0 aliphatic carbocycles. The van der Waals surface area contributed by atoms with Crippen LogP contribution in [0.25, 0.3) is 27.7 Å². The maximum absolute atomic E-state index is 12.8. The Balaban J connectivity index is 1.72. The van der Waals surface area contributed by atoms with Crippen molar-refractivity contribution >= 4 is 22.4 Å². The molecule has 0 saturated carbocycles. The molecule has 1 aromatic heterocycles. The lowest BCUT2D eigenvalue weighted by Crippen LogP contribution is -2.34. The van der Waals surface area contributed by atoms with Gasteiger partial charge in [0.1, 0.15) is 17.1 Å². The summed E-state index contributed by atoms with van der Waals surface area (Å²) in [6.07, 6.45) is 6.88. The van der Waals surface area contributed by atoms with Crippen molar-refractivity contribution in [1.29, 1.82) is 0 Å². The first-order valence-electron chi connectivity index (χ1n) is 11.5. The number of rotatable bonds is 7. The molecular weight excluding hydrogens is 402 g/mol. The number of hydrogen-bond donors (Lipinski definition) is 0. The topological polar surface area (TPSA) is 51.9 Å². The molecule has 4 rings (SSSR count). The van der Waals surface area contributed by atoms with Crippen molar-refractivity contribution in [2.24, 2.45) is 0 Å². The van der Waals surface area contributed by atoms with E-state index in [1.807, 2.05) is 56.0 Å². The summed E-state index contributed by atoms with van der Waals surface area (Å²) in [5, 5.41) is 0.991. The van der Waals surface area contributed by atoms with Gasteiger partial charge < -0.3 is 18.8 Å². The Morgan fingerprint density at radius 2 is 1.75 bits per heavy atom. The van der Waals surface area contributed by atoms with Crippen molar-refractivity contribution < 1.29 is 18.7 Å². The summed E-state index contributed by atoms with van der Waals surface area (Å²) >= 11 is 0. The molecule has 0 bridgehead atoms. The Bertz CT molecular complexity index is 1100. The van der Waals surface area contributed by atoms with Gasteiger partial charge >= 0.3 is 0 Å². The summed E-state index contributed by atoms with van der Waals surface area (Å²) in [6, 6.07) is 12.0. The predicted octanol–water partition coefficient (Wildman–Crippen LogP) is 6.31. The quantitative estimate of drug-likeness (QED) is 0.410. The standard InChI is InChI=1S/C27H31NO4/c1-4-30-21-11-9-20(10-12-21)24-18-32-26-17-25(31-5-2)22(16-23(24)26)19(3)15-27(29)28-13-7-6-8-14-28/h9-12,15-18H,4-8,13-14H2,1-3H3/b19-15+. The summed E-state index contributed by atoms with van der Waals surface area (Å²) in [7, 11) is 0. The Kier molecular flexibility index (Phi) is 6.84. The second-order valence-corrected chi connectivity index (χ2v) is 8.10. The van der Waals surface area contributed by atoms with Crippen LogP contribution in [-0.4, -0.2) is 37.1 Å². The summed E-state index contributed by atoms with van der Waals surface area (Å²) < 4.78 is 17.3. The van der Waals surface area contributed by atoms with Gasteiger partial charge in [0.05, 0.1) is 19.5 Å². The Morgan fingerprint density at radius 3 is 2.44 bits per heavy atom. The van der Waals surface area contributed by atoms with Gasteiger partial charge in [-0.25, -0.2) is 0 Å². The lowest BCUT2D eigenvalue weighted by Gasteiger charge is -2.25. The van der Waals surface area contributed by atoms with E-state index < -0.39 is 0 Å². The van der Waals surface area contributed by atoms with Crippen molar-refractivity contribution in [1.82, 2.24) is 4.90 Å². The van der Waals surface area contributed by atoms with Crippen molar-refractivity contribution in [3.05, 3.63) is 54.3 Å². The highest BCUT2D eigenvalue weighted by Gasteiger charge is 2.18. The number of hydrogen-bond acceptors (Lipinski definition) is 4. The molecular formula is C27H31NO4. The largest absolute Gasteiger partial charge is 0.494 e. The van der Waals surface area contributed by atoms with Gasteiger partial charge in [0.2, 0.25) is 5.91 Å². The number of piperidine rings is 1. The highest BCUT2D eigenvalue weighted by Crippen LogP contribution is 2.38. The lowest BCUT2D eigenvalue weighted by atomic mass is 9.99. The Morgan fingerprint density at radius 1 is 1.03 bits per heavy atom. The van der Waals surface area contributed by atoms with Crippen LogP contribution in [0, 0.1) is 0 Å². The molecule has 168 valence electrons. The maximum Gasteiger partial charge on any atom is 0.246 e. The minimum Gasteiger partial charge on any atom is -0.494 e. The number of nitrogens with zero attached hydrogens (tertiary/aromatic N) is 1. The second-order valence-electron chi connectivity index (χ2n) is 8.10. The van der Waals surface area contributed by atoms with E-state index in [-0.39, 0.29) is 5.91 Å². The van der Waals surface area contributed by atoms with Crippen LogP contribution in [-0.2, 0) is 4.79 Å². The van der Waals surface area contributed by atoms with Gasteiger partial charge in [0, 0.05) is 41.7 Å². The van der Waals surface area contributed by atoms with Gasteiger partial charge in [0.15, 0.2) is 0 Å². The number of fused-ring (bicyclic) bond motifs is 1. The molecule has 0 spiro atoms. The first-order chi connectivity index (χ1) is 15.6. The summed E-state index contributed by atoms with van der Waals surface area (Å²) in [6.45, 7) is 8.76. The molecule has 3 aromatic rings. The van der Waals surface area contributed by atoms with Crippen LogP contribution in [0.15, 0.2) is 53.2 Å². The molecule has 0 atom stereocenters. The summed E-state index contributed by atoms with van der Waals surface area (Å²) in [4.78, 5) is 14.8. The lowest BCUT2D eigenvalue weighted by molar-refractivity contribution is -0.126. The van der Waals surface area contributed by atoms with Crippen molar-refractivity contribution in [2.75, 3.05) is 26.3 Å². The number of likely N-dealkylation sites (tertiary alicyclic amines) is 1. The number of ether oxygens (including phenoxy) is 2. The van der Waals surface area contributed by atoms with Gasteiger partial charge in [-0.15, -0.1) is 0 Å². The van der Waals surface area contributed by atoms with Crippen molar-refractivity contribution in [3.8, 4) is 22.6 Å². The fourth-order valence-corrected chi connectivity index (χ4v) is 4.23. The Hall–Kier alpha value is -3.21. The van der Waals surface area contributed by atoms with Crippen LogP contribution < -0.4 is 9.47 Å². The highest BCUT2D eigenvalue weighted by molar-refractivity contribution is 6.00. The molecule has 1 saturated heterocycles. The molecule has 0 N–H and O–H groups in total. The van der Waals surface area contributed by atoms with E-state index in [0.717, 1.165) is 70.7 Å². The van der Waals surface area contributed by atoms with Crippen LogP contribution in [0.5, 0.6) is 11.5 Å². The molecule has 1 aliphatic heterocycles. The van der Waals surface area contributed by atoms with E-state index >= 15 is 0 Å². The number of allylic oxidation sites excluding steroid dienone is 1. The smallest absolute Gasteiger partial charge is 0.246 e. The zero-order chi connectivity index (χ0) is 22.5. The average molecular weight is 434 g/mol. The molecule has 1 amide bonds. The number of carbonyl (C=O) groups excluding carboxylic acids is 1. The molecule has 1 fully saturated rings. The van der Waals surface area contributed by atoms with Crippen LogP contribution >= 0.6 is 0 Å². The average Bonchev–Trinajstić information content (AvgIpc) is 3.23. The number of carbonyl (C=O) groups is 1. The minimum absolute atomic E-state index is 0.0728. The van der Waals surface area contributed by atoms with Crippen LogP contribution in [0.4, 0.5) is 0 Å². The zero-order valence-corrected chi connectivity index (χ0v) is 19.1. The van der Waals surface area contributed by atoms with Crippen molar-refractivity contribution in [2.45, 2.75) is 40.0 Å². The minimum atomic E-state index is 0.0728. The molecule has 1 aliphatic rings. The van der Waals surface area contributed by atoms with Crippen molar-refractivity contribution in [3.63, 3.8) is 0 Å². The Labute approximate surface area is 189 Å². The number of furan rings is 1. The molecule has 32 heavy (non-hydrogen) atoms. The predicted molar refractivity (Wildman–Crippen MR) is 128 cm³/mol. The van der Waals surface area contributed by atoms with E-state index in [1.54, 1.807) is 12.3 Å². The van der Waals surface area contributed by atoms with Crippen LogP contribution in [0.3, 0.4) is 0 Å². The van der Waals surface area contributed by atoms with Gasteiger partial charge in [-0.05, 0) is 69.4 Å². The number of amides is 1. The first kappa shape index (κ1) is 22.0. The van der Waals surface area contributed by atoms with Crippen LogP contribution in [0.2, 0.25) is 0 Å². The molecule has 2 heterocycles. The highest BCUT2D eigenvalue weighted by atomic mass is 16.5.